The summed E-state index contributed by atoms with van der Waals surface area (Å²) in [5, 5.41) is 1.12. The average molecular weight is 427 g/mol. The Bertz CT molecular complexity index is 964. The molecule has 0 N–H and O–H groups in total. The summed E-state index contributed by atoms with van der Waals surface area (Å²) in [6.45, 7) is 3.37. The maximum Gasteiger partial charge on any atom is 0.200 e. The molecule has 0 aliphatic heterocycles. The van der Waals surface area contributed by atoms with Crippen LogP contribution in [0.25, 0.3) is 21.9 Å². The van der Waals surface area contributed by atoms with Crippen molar-refractivity contribution in [3.8, 4) is 11.5 Å². The summed E-state index contributed by atoms with van der Waals surface area (Å²) in [5.74, 6) is 1.43. The molecule has 3 aromatic rings. The van der Waals surface area contributed by atoms with Crippen molar-refractivity contribution in [2.24, 2.45) is 0 Å². The summed E-state index contributed by atoms with van der Waals surface area (Å²) >= 11 is 0. The lowest BCUT2D eigenvalue weighted by molar-refractivity contribution is 0.293. The second kappa shape index (κ2) is 11.2. The van der Waals surface area contributed by atoms with E-state index in [0.29, 0.717) is 46.7 Å². The molecule has 0 radical (unpaired) electrons. The number of ether oxygens (including phenoxy) is 2. The highest BCUT2D eigenvalue weighted by Crippen LogP contribution is 2.25. The molecule has 0 aliphatic carbocycles. The monoisotopic (exact) mass is 426 g/mol. The normalized spacial score (nSPS) is 11.7. The Morgan fingerprint density at radius 1 is 0.710 bits per heavy atom. The smallest absolute Gasteiger partial charge is 0.200 e. The lowest BCUT2D eigenvalue weighted by atomic mass is 10.1. The third kappa shape index (κ3) is 6.71. The van der Waals surface area contributed by atoms with Crippen LogP contribution in [-0.2, 0) is 0 Å². The number of hydrogen-bond donors (Lipinski definition) is 0. The molecule has 0 aliphatic rings. The van der Waals surface area contributed by atoms with E-state index in [1.165, 1.54) is 0 Å². The molecule has 0 atom stereocenters. The van der Waals surface area contributed by atoms with Crippen molar-refractivity contribution in [2.45, 2.75) is 25.7 Å². The summed E-state index contributed by atoms with van der Waals surface area (Å²) in [6, 6.07) is 10.8. The van der Waals surface area contributed by atoms with Gasteiger partial charge in [0.25, 0.3) is 0 Å². The first kappa shape index (κ1) is 23.1. The van der Waals surface area contributed by atoms with Crippen LogP contribution >= 0.6 is 0 Å². The highest BCUT2D eigenvalue weighted by atomic mass is 16.5. The molecule has 6 heteroatoms. The number of benzene rings is 2. The van der Waals surface area contributed by atoms with E-state index in [9.17, 15) is 4.79 Å². The van der Waals surface area contributed by atoms with Crippen LogP contribution in [-0.4, -0.2) is 64.3 Å². The summed E-state index contributed by atoms with van der Waals surface area (Å²) < 4.78 is 17.8. The van der Waals surface area contributed by atoms with Gasteiger partial charge in [-0.2, -0.15) is 0 Å². The molecule has 168 valence electrons. The molecule has 6 nitrogen and oxygen atoms in total. The molecule has 0 amide bonds. The first-order valence-electron chi connectivity index (χ1n) is 11.0. The zero-order chi connectivity index (χ0) is 22.2. The largest absolute Gasteiger partial charge is 0.493 e. The first-order chi connectivity index (χ1) is 14.9. The first-order valence-corrected chi connectivity index (χ1v) is 11.0. The minimum absolute atomic E-state index is 0.0358. The second-order valence-corrected chi connectivity index (χ2v) is 8.46. The zero-order valence-electron chi connectivity index (χ0n) is 19.1. The van der Waals surface area contributed by atoms with Gasteiger partial charge in [-0.1, -0.05) is 0 Å². The molecule has 1 aromatic heterocycles. The molecule has 0 saturated carbocycles. The second-order valence-electron chi connectivity index (χ2n) is 8.46. The molecule has 1 heterocycles. The van der Waals surface area contributed by atoms with Crippen LogP contribution in [0.5, 0.6) is 11.5 Å². The van der Waals surface area contributed by atoms with Gasteiger partial charge < -0.3 is 23.7 Å². The van der Waals surface area contributed by atoms with Crippen LogP contribution in [0.3, 0.4) is 0 Å². The van der Waals surface area contributed by atoms with Crippen LogP contribution in [0.4, 0.5) is 0 Å². The Morgan fingerprint density at radius 3 is 1.58 bits per heavy atom. The van der Waals surface area contributed by atoms with Crippen molar-refractivity contribution in [1.29, 1.82) is 0 Å². The van der Waals surface area contributed by atoms with E-state index in [4.69, 9.17) is 13.9 Å². The van der Waals surface area contributed by atoms with Gasteiger partial charge in [0.15, 0.2) is 0 Å². The van der Waals surface area contributed by atoms with E-state index >= 15 is 0 Å². The Kier molecular flexibility index (Phi) is 8.32. The molecular formula is C25H34N2O4. The van der Waals surface area contributed by atoms with E-state index in [1.807, 2.05) is 12.1 Å². The Morgan fingerprint density at radius 2 is 1.16 bits per heavy atom. The summed E-state index contributed by atoms with van der Waals surface area (Å²) in [4.78, 5) is 17.2. The van der Waals surface area contributed by atoms with E-state index in [-0.39, 0.29) is 5.43 Å². The van der Waals surface area contributed by atoms with E-state index in [0.717, 1.165) is 38.8 Å². The van der Waals surface area contributed by atoms with Gasteiger partial charge in [0.05, 0.1) is 24.0 Å². The summed E-state index contributed by atoms with van der Waals surface area (Å²) in [6.07, 6.45) is 4.12. The third-order valence-corrected chi connectivity index (χ3v) is 5.15. The van der Waals surface area contributed by atoms with E-state index in [1.54, 1.807) is 24.3 Å². The molecule has 2 aromatic carbocycles. The van der Waals surface area contributed by atoms with E-state index in [2.05, 4.69) is 38.0 Å². The molecule has 0 fully saturated rings. The SMILES string of the molecule is CN(C)CCCCOc1ccc2c(=O)c3ccc(OCCCCN(C)C)cc3oc2c1. The quantitative estimate of drug-likeness (QED) is 0.316. The zero-order valence-corrected chi connectivity index (χ0v) is 19.1. The molecule has 0 saturated heterocycles. The van der Waals surface area contributed by atoms with Gasteiger partial charge in [-0.3, -0.25) is 4.79 Å². The van der Waals surface area contributed by atoms with Crippen molar-refractivity contribution in [1.82, 2.24) is 9.80 Å². The predicted molar refractivity (Wildman–Crippen MR) is 127 cm³/mol. The molecule has 0 unspecified atom stereocenters. The third-order valence-electron chi connectivity index (χ3n) is 5.15. The molecular weight excluding hydrogens is 392 g/mol. The number of hydrogen-bond acceptors (Lipinski definition) is 6. The van der Waals surface area contributed by atoms with Gasteiger partial charge in [-0.05, 0) is 91.2 Å². The Hall–Kier alpha value is -2.57. The maximum absolute atomic E-state index is 12.9. The van der Waals surface area contributed by atoms with Gasteiger partial charge in [0.1, 0.15) is 22.7 Å². The van der Waals surface area contributed by atoms with Crippen molar-refractivity contribution < 1.29 is 13.9 Å². The van der Waals surface area contributed by atoms with Crippen molar-refractivity contribution in [3.63, 3.8) is 0 Å². The van der Waals surface area contributed by atoms with Crippen LogP contribution < -0.4 is 14.9 Å². The molecule has 0 spiro atoms. The lowest BCUT2D eigenvalue weighted by Crippen LogP contribution is -2.13. The van der Waals surface area contributed by atoms with Gasteiger partial charge >= 0.3 is 0 Å². The van der Waals surface area contributed by atoms with Crippen LogP contribution in [0.15, 0.2) is 45.6 Å². The maximum atomic E-state index is 12.9. The Labute approximate surface area is 184 Å². The van der Waals surface area contributed by atoms with Gasteiger partial charge in [-0.15, -0.1) is 0 Å². The van der Waals surface area contributed by atoms with Gasteiger partial charge in [-0.25, -0.2) is 0 Å². The highest BCUT2D eigenvalue weighted by molar-refractivity contribution is 5.90. The van der Waals surface area contributed by atoms with Crippen molar-refractivity contribution >= 4 is 21.9 Å². The topological polar surface area (TPSA) is 55.1 Å². The minimum atomic E-state index is -0.0358. The van der Waals surface area contributed by atoms with Crippen LogP contribution in [0.2, 0.25) is 0 Å². The van der Waals surface area contributed by atoms with Crippen LogP contribution in [0, 0.1) is 0 Å². The molecule has 31 heavy (non-hydrogen) atoms. The average Bonchev–Trinajstić information content (AvgIpc) is 2.72. The highest BCUT2D eigenvalue weighted by Gasteiger charge is 2.10. The molecule has 3 rings (SSSR count). The summed E-state index contributed by atoms with van der Waals surface area (Å²) in [7, 11) is 8.27. The number of fused-ring (bicyclic) bond motifs is 2. The number of unbranched alkanes of at least 4 members (excludes halogenated alkanes) is 2. The fraction of sp³-hybridized carbons (Fsp3) is 0.480. The molecule has 0 bridgehead atoms. The predicted octanol–water partition coefficient (Wildman–Crippen LogP) is 4.39. The Balaban J connectivity index is 1.69. The lowest BCUT2D eigenvalue weighted by Gasteiger charge is -2.11. The van der Waals surface area contributed by atoms with Crippen molar-refractivity contribution in [3.05, 3.63) is 46.6 Å². The fourth-order valence-corrected chi connectivity index (χ4v) is 3.43. The van der Waals surface area contributed by atoms with Gasteiger partial charge in [0.2, 0.25) is 5.43 Å². The van der Waals surface area contributed by atoms with Gasteiger partial charge in [0, 0.05) is 12.1 Å². The standard InChI is InChI=1S/C25H34N2O4/c1-26(2)13-5-7-15-29-19-9-11-21-23(17-19)31-24-18-20(10-12-22(24)25(21)28)30-16-8-6-14-27(3)4/h9-12,17-18H,5-8,13-16H2,1-4H3. The van der Waals surface area contributed by atoms with Crippen LogP contribution in [0.1, 0.15) is 25.7 Å². The fourth-order valence-electron chi connectivity index (χ4n) is 3.43. The van der Waals surface area contributed by atoms with E-state index < -0.39 is 0 Å². The van der Waals surface area contributed by atoms with Crippen molar-refractivity contribution in [2.75, 3.05) is 54.5 Å². The summed E-state index contributed by atoms with van der Waals surface area (Å²) in [5.41, 5.74) is 1.03. The number of nitrogens with zero attached hydrogens (tertiary/aromatic N) is 2. The minimum Gasteiger partial charge on any atom is -0.493 e. The number of rotatable bonds is 12.